The van der Waals surface area contributed by atoms with Crippen LogP contribution in [0.1, 0.15) is 19.0 Å². The van der Waals surface area contributed by atoms with E-state index in [-0.39, 0.29) is 0 Å². The highest BCUT2D eigenvalue weighted by atomic mass is 14.7. The second kappa shape index (κ2) is 3.85. The Morgan fingerprint density at radius 1 is 1.00 bits per heavy atom. The van der Waals surface area contributed by atoms with Gasteiger partial charge in [-0.1, -0.05) is 42.0 Å². The smallest absolute Gasteiger partial charge is 0.0780 e. The van der Waals surface area contributed by atoms with Crippen molar-refractivity contribution in [3.05, 3.63) is 52.0 Å². The summed E-state index contributed by atoms with van der Waals surface area (Å²) < 4.78 is 0. The van der Waals surface area contributed by atoms with E-state index >= 15 is 0 Å². The Hall–Kier alpha value is -1.89. The normalized spacial score (nSPS) is 14.4. The number of hydrogen-bond donors (Lipinski definition) is 0. The second-order valence-corrected chi connectivity index (χ2v) is 4.68. The molecule has 0 atom stereocenters. The summed E-state index contributed by atoms with van der Waals surface area (Å²) in [6.07, 6.45) is 7.69. The molecule has 0 fully saturated rings. The molecule has 1 aromatic heterocycles. The molecule has 0 unspecified atom stereocenters. The SMILES string of the molecule is CC1=CC=c2ccc3ccc(C)nc3c2=CC1. The molecule has 0 aliphatic heterocycles. The van der Waals surface area contributed by atoms with Crippen LogP contribution in [0.3, 0.4) is 0 Å². The molecule has 1 nitrogen and oxygen atoms in total. The molecule has 1 heteroatoms. The van der Waals surface area contributed by atoms with Crippen LogP contribution in [0.25, 0.3) is 23.1 Å². The summed E-state index contributed by atoms with van der Waals surface area (Å²) in [6.45, 7) is 4.21. The van der Waals surface area contributed by atoms with Gasteiger partial charge >= 0.3 is 0 Å². The Morgan fingerprint density at radius 2 is 1.82 bits per heavy atom. The van der Waals surface area contributed by atoms with Crippen molar-refractivity contribution in [2.45, 2.75) is 20.3 Å². The Balaban J connectivity index is 2.47. The van der Waals surface area contributed by atoms with Crippen LogP contribution in [-0.2, 0) is 0 Å². The number of pyridine rings is 1. The molecule has 17 heavy (non-hydrogen) atoms. The number of hydrogen-bond acceptors (Lipinski definition) is 1. The number of rotatable bonds is 0. The van der Waals surface area contributed by atoms with Crippen molar-refractivity contribution < 1.29 is 0 Å². The lowest BCUT2D eigenvalue weighted by Gasteiger charge is -2.00. The Morgan fingerprint density at radius 3 is 2.71 bits per heavy atom. The molecule has 2 aromatic rings. The van der Waals surface area contributed by atoms with Crippen LogP contribution in [0.4, 0.5) is 0 Å². The van der Waals surface area contributed by atoms with E-state index in [0.717, 1.165) is 17.6 Å². The number of fused-ring (bicyclic) bond motifs is 3. The van der Waals surface area contributed by atoms with Crippen LogP contribution >= 0.6 is 0 Å². The zero-order chi connectivity index (χ0) is 11.8. The minimum absolute atomic E-state index is 1.01. The average molecular weight is 221 g/mol. The average Bonchev–Trinajstić information content (AvgIpc) is 2.52. The third kappa shape index (κ3) is 1.78. The molecule has 0 saturated carbocycles. The topological polar surface area (TPSA) is 12.9 Å². The lowest BCUT2D eigenvalue weighted by atomic mass is 10.1. The van der Waals surface area contributed by atoms with Gasteiger partial charge in [-0.25, -0.2) is 0 Å². The molecule has 1 aromatic carbocycles. The summed E-state index contributed by atoms with van der Waals surface area (Å²) in [5.41, 5.74) is 3.59. The van der Waals surface area contributed by atoms with Gasteiger partial charge in [-0.2, -0.15) is 0 Å². The molecule has 1 aliphatic carbocycles. The lowest BCUT2D eigenvalue weighted by Crippen LogP contribution is -2.25. The number of benzene rings is 1. The van der Waals surface area contributed by atoms with E-state index in [0.29, 0.717) is 0 Å². The van der Waals surface area contributed by atoms with E-state index in [4.69, 9.17) is 0 Å². The highest BCUT2D eigenvalue weighted by molar-refractivity contribution is 5.80. The highest BCUT2D eigenvalue weighted by Gasteiger charge is 2.00. The molecule has 0 radical (unpaired) electrons. The van der Waals surface area contributed by atoms with Crippen LogP contribution in [0.5, 0.6) is 0 Å². The zero-order valence-corrected chi connectivity index (χ0v) is 10.2. The van der Waals surface area contributed by atoms with Gasteiger partial charge in [0, 0.05) is 16.3 Å². The van der Waals surface area contributed by atoms with Gasteiger partial charge in [0.05, 0.1) is 5.52 Å². The number of nitrogens with zero attached hydrogens (tertiary/aromatic N) is 1. The Labute approximate surface area is 101 Å². The van der Waals surface area contributed by atoms with Gasteiger partial charge < -0.3 is 0 Å². The van der Waals surface area contributed by atoms with Crippen LogP contribution in [0.2, 0.25) is 0 Å². The summed E-state index contributed by atoms with van der Waals surface area (Å²) in [6, 6.07) is 8.55. The molecule has 0 N–H and O–H groups in total. The molecule has 1 heterocycles. The Bertz CT molecular complexity index is 736. The molecule has 1 aliphatic rings. The minimum Gasteiger partial charge on any atom is -0.252 e. The molecule has 0 spiro atoms. The summed E-state index contributed by atoms with van der Waals surface area (Å²) in [4.78, 5) is 4.68. The Kier molecular flexibility index (Phi) is 2.32. The molecule has 0 bridgehead atoms. The maximum Gasteiger partial charge on any atom is 0.0780 e. The van der Waals surface area contributed by atoms with Crippen molar-refractivity contribution in [3.63, 3.8) is 0 Å². The fourth-order valence-corrected chi connectivity index (χ4v) is 2.25. The van der Waals surface area contributed by atoms with Crippen LogP contribution in [0, 0.1) is 6.92 Å². The number of aromatic nitrogens is 1. The molecular weight excluding hydrogens is 206 g/mol. The predicted molar refractivity (Wildman–Crippen MR) is 73.0 cm³/mol. The summed E-state index contributed by atoms with van der Waals surface area (Å²) in [5, 5.41) is 3.77. The highest BCUT2D eigenvalue weighted by Crippen LogP contribution is 2.09. The standard InChI is InChI=1S/C16H15N/c1-11-3-6-13-8-9-14-7-5-12(2)17-16(14)15(13)10-4-11/h3,5-10H,4H2,1-2H3. The monoisotopic (exact) mass is 221 g/mol. The van der Waals surface area contributed by atoms with Crippen molar-refractivity contribution in [2.24, 2.45) is 0 Å². The minimum atomic E-state index is 1.01. The maximum absolute atomic E-state index is 4.68. The van der Waals surface area contributed by atoms with Crippen molar-refractivity contribution >= 4 is 23.1 Å². The molecule has 84 valence electrons. The summed E-state index contributed by atoms with van der Waals surface area (Å²) in [5.74, 6) is 0. The van der Waals surface area contributed by atoms with Gasteiger partial charge in [0.2, 0.25) is 0 Å². The van der Waals surface area contributed by atoms with E-state index < -0.39 is 0 Å². The third-order valence-electron chi connectivity index (χ3n) is 3.25. The second-order valence-electron chi connectivity index (χ2n) is 4.68. The van der Waals surface area contributed by atoms with Crippen molar-refractivity contribution in [2.75, 3.05) is 0 Å². The zero-order valence-electron chi connectivity index (χ0n) is 10.2. The molecule has 0 amide bonds. The number of aryl methyl sites for hydroxylation is 1. The van der Waals surface area contributed by atoms with Gasteiger partial charge in [0.15, 0.2) is 0 Å². The maximum atomic E-state index is 4.68. The quantitative estimate of drug-likeness (QED) is 0.666. The largest absolute Gasteiger partial charge is 0.252 e. The van der Waals surface area contributed by atoms with E-state index in [2.05, 4.69) is 54.4 Å². The first-order valence-corrected chi connectivity index (χ1v) is 5.98. The van der Waals surface area contributed by atoms with Crippen LogP contribution in [-0.4, -0.2) is 4.98 Å². The van der Waals surface area contributed by atoms with E-state index in [1.165, 1.54) is 21.4 Å². The third-order valence-corrected chi connectivity index (χ3v) is 3.25. The molecule has 3 rings (SSSR count). The van der Waals surface area contributed by atoms with Crippen molar-refractivity contribution in [1.29, 1.82) is 0 Å². The lowest BCUT2D eigenvalue weighted by molar-refractivity contribution is 1.24. The van der Waals surface area contributed by atoms with Gasteiger partial charge in [-0.3, -0.25) is 4.98 Å². The first-order valence-electron chi connectivity index (χ1n) is 5.98. The fourth-order valence-electron chi connectivity index (χ4n) is 2.25. The first-order chi connectivity index (χ1) is 8.24. The van der Waals surface area contributed by atoms with E-state index in [9.17, 15) is 0 Å². The first kappa shape index (κ1) is 10.3. The number of allylic oxidation sites excluding steroid dienone is 2. The van der Waals surface area contributed by atoms with Crippen molar-refractivity contribution in [3.8, 4) is 0 Å². The van der Waals surface area contributed by atoms with E-state index in [1.54, 1.807) is 0 Å². The van der Waals surface area contributed by atoms with Crippen LogP contribution < -0.4 is 10.4 Å². The van der Waals surface area contributed by atoms with Gasteiger partial charge in [-0.15, -0.1) is 0 Å². The van der Waals surface area contributed by atoms with Gasteiger partial charge in [0.25, 0.3) is 0 Å². The summed E-state index contributed by atoms with van der Waals surface area (Å²) in [7, 11) is 0. The van der Waals surface area contributed by atoms with E-state index in [1.807, 2.05) is 6.92 Å². The fraction of sp³-hybridized carbons (Fsp3) is 0.188. The van der Waals surface area contributed by atoms with Gasteiger partial charge in [-0.05, 0) is 31.6 Å². The summed E-state index contributed by atoms with van der Waals surface area (Å²) >= 11 is 0. The van der Waals surface area contributed by atoms with Gasteiger partial charge in [0.1, 0.15) is 0 Å². The van der Waals surface area contributed by atoms with Crippen molar-refractivity contribution in [1.82, 2.24) is 4.98 Å². The molecule has 0 saturated heterocycles. The van der Waals surface area contributed by atoms with Crippen LogP contribution in [0.15, 0.2) is 35.9 Å². The predicted octanol–water partition coefficient (Wildman–Crippen LogP) is 2.45. The molecular formula is C16H15N.